The molecular formula is C30H32N2O4. The van der Waals surface area contributed by atoms with Crippen LogP contribution in [0.4, 0.5) is 5.69 Å². The second-order valence-electron chi connectivity index (χ2n) is 10.3. The topological polar surface area (TPSA) is 79.7 Å². The fraction of sp³-hybridized carbons (Fsp3) is 0.300. The number of aromatic nitrogens is 1. The lowest BCUT2D eigenvalue weighted by Gasteiger charge is -2.25. The largest absolute Gasteiger partial charge is 0.507 e. The van der Waals surface area contributed by atoms with Crippen molar-refractivity contribution in [2.45, 2.75) is 52.0 Å². The number of pyridine rings is 1. The molecule has 4 rings (SSSR count). The van der Waals surface area contributed by atoms with Crippen molar-refractivity contribution in [1.82, 2.24) is 4.98 Å². The normalized spacial score (nSPS) is 17.6. The minimum atomic E-state index is -0.890. The minimum absolute atomic E-state index is 0.0176. The Morgan fingerprint density at radius 1 is 1.03 bits per heavy atom. The molecule has 1 amide bonds. The Bertz CT molecular complexity index is 1320. The number of methoxy groups -OCH3 is 1. The Labute approximate surface area is 212 Å². The molecule has 6 heteroatoms. The third-order valence-corrected chi connectivity index (χ3v) is 6.57. The molecule has 1 aliphatic heterocycles. The Hall–Kier alpha value is -3.93. The molecule has 0 saturated carbocycles. The number of aliphatic hydroxyl groups is 1. The van der Waals surface area contributed by atoms with Crippen LogP contribution in [0.2, 0.25) is 0 Å². The van der Waals surface area contributed by atoms with Crippen molar-refractivity contribution in [3.05, 3.63) is 94.8 Å². The van der Waals surface area contributed by atoms with Crippen LogP contribution in [-0.4, -0.2) is 28.9 Å². The van der Waals surface area contributed by atoms with Gasteiger partial charge in [0.25, 0.3) is 11.7 Å². The maximum absolute atomic E-state index is 13.5. The Kier molecular flexibility index (Phi) is 6.72. The van der Waals surface area contributed by atoms with Gasteiger partial charge >= 0.3 is 0 Å². The molecule has 1 saturated heterocycles. The average Bonchev–Trinajstić information content (AvgIpc) is 3.13. The number of amides is 1. The lowest BCUT2D eigenvalue weighted by molar-refractivity contribution is -0.132. The molecule has 1 aliphatic rings. The number of aliphatic hydroxyl groups excluding tert-OH is 1. The van der Waals surface area contributed by atoms with E-state index in [1.807, 2.05) is 36.4 Å². The van der Waals surface area contributed by atoms with E-state index < -0.39 is 17.7 Å². The minimum Gasteiger partial charge on any atom is -0.507 e. The van der Waals surface area contributed by atoms with E-state index in [0.29, 0.717) is 28.6 Å². The fourth-order valence-corrected chi connectivity index (χ4v) is 4.44. The van der Waals surface area contributed by atoms with Crippen LogP contribution in [-0.2, 0) is 15.0 Å². The van der Waals surface area contributed by atoms with Gasteiger partial charge in [0, 0.05) is 11.9 Å². The molecule has 0 aliphatic carbocycles. The van der Waals surface area contributed by atoms with Crippen molar-refractivity contribution in [3.8, 4) is 5.75 Å². The van der Waals surface area contributed by atoms with Crippen LogP contribution in [0.25, 0.3) is 5.76 Å². The summed E-state index contributed by atoms with van der Waals surface area (Å²) in [5.41, 5.74) is 3.26. The zero-order valence-electron chi connectivity index (χ0n) is 21.6. The molecule has 1 N–H and O–H groups in total. The molecule has 3 aromatic rings. The van der Waals surface area contributed by atoms with Crippen molar-refractivity contribution < 1.29 is 19.4 Å². The number of benzene rings is 2. The molecule has 1 aromatic heterocycles. The number of carbonyl (C=O) groups excluding carboxylic acids is 2. The van der Waals surface area contributed by atoms with Gasteiger partial charge in [0.2, 0.25) is 0 Å². The average molecular weight is 485 g/mol. The van der Waals surface area contributed by atoms with E-state index in [9.17, 15) is 14.7 Å². The van der Waals surface area contributed by atoms with Gasteiger partial charge in [-0.1, -0.05) is 58.9 Å². The highest BCUT2D eigenvalue weighted by Gasteiger charge is 2.48. The molecule has 0 spiro atoms. The highest BCUT2D eigenvalue weighted by Crippen LogP contribution is 2.43. The summed E-state index contributed by atoms with van der Waals surface area (Å²) in [5, 5.41) is 11.6. The number of nitrogens with zero attached hydrogens (tertiary/aromatic N) is 2. The van der Waals surface area contributed by atoms with Crippen LogP contribution in [0, 0.1) is 0 Å². The van der Waals surface area contributed by atoms with E-state index in [1.165, 1.54) is 12.0 Å². The van der Waals surface area contributed by atoms with Gasteiger partial charge in [0.05, 0.1) is 23.9 Å². The maximum Gasteiger partial charge on any atom is 0.300 e. The first kappa shape index (κ1) is 25.2. The molecule has 36 heavy (non-hydrogen) atoms. The number of hydrogen-bond acceptors (Lipinski definition) is 5. The third-order valence-electron chi connectivity index (χ3n) is 6.57. The van der Waals surface area contributed by atoms with Gasteiger partial charge in [-0.05, 0) is 58.9 Å². The van der Waals surface area contributed by atoms with Crippen LogP contribution in [0.5, 0.6) is 5.75 Å². The van der Waals surface area contributed by atoms with Crippen molar-refractivity contribution in [1.29, 1.82) is 0 Å². The predicted octanol–water partition coefficient (Wildman–Crippen LogP) is 6.14. The lowest BCUT2D eigenvalue weighted by atomic mass is 9.85. The Morgan fingerprint density at radius 2 is 1.72 bits per heavy atom. The molecule has 1 atom stereocenters. The van der Waals surface area contributed by atoms with Gasteiger partial charge in [-0.15, -0.1) is 0 Å². The molecule has 0 radical (unpaired) electrons. The SMILES string of the molecule is COc1ccc(C(C)(C)C)cc1/C(O)=C1\C(=O)C(=O)N(c2ccc(C(C)C)cc2)C1c1ccccn1. The van der Waals surface area contributed by atoms with Crippen LogP contribution < -0.4 is 9.64 Å². The molecular weight excluding hydrogens is 452 g/mol. The number of ketones is 1. The van der Waals surface area contributed by atoms with Crippen LogP contribution in [0.1, 0.15) is 69.0 Å². The van der Waals surface area contributed by atoms with E-state index in [4.69, 9.17) is 4.74 Å². The first-order valence-electron chi connectivity index (χ1n) is 12.1. The van der Waals surface area contributed by atoms with Gasteiger partial charge in [0.1, 0.15) is 17.6 Å². The predicted molar refractivity (Wildman–Crippen MR) is 141 cm³/mol. The van der Waals surface area contributed by atoms with Crippen molar-refractivity contribution >= 4 is 23.1 Å². The molecule has 6 nitrogen and oxygen atoms in total. The summed E-state index contributed by atoms with van der Waals surface area (Å²) in [7, 11) is 1.51. The molecule has 1 fully saturated rings. The monoisotopic (exact) mass is 484 g/mol. The van der Waals surface area contributed by atoms with Gasteiger partial charge in [0.15, 0.2) is 0 Å². The quantitative estimate of drug-likeness (QED) is 0.267. The number of anilines is 1. The maximum atomic E-state index is 13.5. The number of Topliss-reactive ketones (excluding diaryl/α,β-unsaturated/α-hetero) is 1. The van der Waals surface area contributed by atoms with Crippen LogP contribution >= 0.6 is 0 Å². The summed E-state index contributed by atoms with van der Waals surface area (Å²) >= 11 is 0. The Morgan fingerprint density at radius 3 is 2.28 bits per heavy atom. The molecule has 2 aromatic carbocycles. The summed E-state index contributed by atoms with van der Waals surface area (Å²) in [6.45, 7) is 10.4. The standard InChI is InChI=1S/C30H32N2O4/c1-18(2)19-10-13-21(14-11-19)32-26(23-9-7-8-16-31-23)25(28(34)29(32)35)27(33)22-17-20(30(3,4)5)12-15-24(22)36-6/h7-18,26,33H,1-6H3/b27-25+. The zero-order valence-corrected chi connectivity index (χ0v) is 21.6. The number of ether oxygens (including phenoxy) is 1. The van der Waals surface area contributed by atoms with E-state index in [0.717, 1.165) is 11.1 Å². The smallest absolute Gasteiger partial charge is 0.300 e. The zero-order chi connectivity index (χ0) is 26.2. The molecule has 186 valence electrons. The molecule has 1 unspecified atom stereocenters. The summed E-state index contributed by atoms with van der Waals surface area (Å²) in [4.78, 5) is 32.7. The van der Waals surface area contributed by atoms with Crippen molar-refractivity contribution in [2.75, 3.05) is 12.0 Å². The molecule has 0 bridgehead atoms. The van der Waals surface area contributed by atoms with E-state index in [-0.39, 0.29) is 16.7 Å². The number of hydrogen-bond donors (Lipinski definition) is 1. The first-order chi connectivity index (χ1) is 17.0. The van der Waals surface area contributed by atoms with Crippen molar-refractivity contribution in [2.24, 2.45) is 0 Å². The summed E-state index contributed by atoms with van der Waals surface area (Å²) < 4.78 is 5.52. The van der Waals surface area contributed by atoms with Gasteiger partial charge in [-0.2, -0.15) is 0 Å². The fourth-order valence-electron chi connectivity index (χ4n) is 4.44. The summed E-state index contributed by atoms with van der Waals surface area (Å²) in [5.74, 6) is -1.03. The summed E-state index contributed by atoms with van der Waals surface area (Å²) in [6.07, 6.45) is 1.61. The van der Waals surface area contributed by atoms with Gasteiger partial charge in [-0.3, -0.25) is 19.5 Å². The van der Waals surface area contributed by atoms with Crippen molar-refractivity contribution in [3.63, 3.8) is 0 Å². The second-order valence-corrected chi connectivity index (χ2v) is 10.3. The van der Waals surface area contributed by atoms with Gasteiger partial charge in [-0.25, -0.2) is 0 Å². The first-order valence-corrected chi connectivity index (χ1v) is 12.1. The highest BCUT2D eigenvalue weighted by atomic mass is 16.5. The van der Waals surface area contributed by atoms with E-state index >= 15 is 0 Å². The molecule has 2 heterocycles. The third kappa shape index (κ3) is 4.51. The van der Waals surface area contributed by atoms with E-state index in [1.54, 1.807) is 30.5 Å². The second kappa shape index (κ2) is 9.61. The number of carbonyl (C=O) groups is 2. The van der Waals surface area contributed by atoms with Gasteiger partial charge < -0.3 is 9.84 Å². The number of rotatable bonds is 5. The lowest BCUT2D eigenvalue weighted by Crippen LogP contribution is -2.29. The van der Waals surface area contributed by atoms with Crippen LogP contribution in [0.15, 0.2) is 72.4 Å². The van der Waals surface area contributed by atoms with E-state index in [2.05, 4.69) is 39.6 Å². The summed E-state index contributed by atoms with van der Waals surface area (Å²) in [6, 6.07) is 17.5. The van der Waals surface area contributed by atoms with Crippen LogP contribution in [0.3, 0.4) is 0 Å². The highest BCUT2D eigenvalue weighted by molar-refractivity contribution is 6.51. The Balaban J connectivity index is 1.95.